The normalized spacial score (nSPS) is 20.3. The largest absolute Gasteiger partial charge is 0.378 e. The first-order valence-electron chi connectivity index (χ1n) is 9.64. The fourth-order valence-corrected chi connectivity index (χ4v) is 4.02. The molecule has 6 nitrogen and oxygen atoms in total. The maximum Gasteiger partial charge on any atom is 0.240 e. The fourth-order valence-electron chi connectivity index (χ4n) is 4.02. The number of ketones is 1. The number of aromatic nitrogens is 1. The number of fused-ring (bicyclic) bond motifs is 1. The lowest BCUT2D eigenvalue weighted by atomic mass is 10.1. The molecular weight excluding hydrogens is 342 g/mol. The van der Waals surface area contributed by atoms with E-state index in [0.717, 1.165) is 42.5 Å². The zero-order valence-electron chi connectivity index (χ0n) is 16.6. The average molecular weight is 371 g/mol. The van der Waals surface area contributed by atoms with Gasteiger partial charge in [0.1, 0.15) is 6.54 Å². The second-order valence-corrected chi connectivity index (χ2v) is 7.19. The molecule has 1 aromatic carbocycles. The van der Waals surface area contributed by atoms with Crippen molar-refractivity contribution in [1.29, 1.82) is 0 Å². The van der Waals surface area contributed by atoms with Crippen molar-refractivity contribution in [2.24, 2.45) is 0 Å². The number of aryl methyl sites for hydroxylation is 1. The van der Waals surface area contributed by atoms with E-state index in [1.165, 1.54) is 0 Å². The number of para-hydroxylation sites is 1. The number of hydrogen-bond acceptors (Lipinski definition) is 4. The standard InChI is InChI=1S/C21H29N3O3/c1-5-15-8-7-9-16-17(14(3)25)10-24(21(15)16)13-20(26)22-18-11-23(6-2)12-19(18)27-4/h7-10,18-19H,5-6,11-13H2,1-4H3,(H,22,26)/t18-,19-/m0/s1. The summed E-state index contributed by atoms with van der Waals surface area (Å²) < 4.78 is 7.45. The average Bonchev–Trinajstić information content (AvgIpc) is 3.22. The van der Waals surface area contributed by atoms with Crippen LogP contribution in [-0.4, -0.2) is 60.0 Å². The molecule has 27 heavy (non-hydrogen) atoms. The number of methoxy groups -OCH3 is 1. The number of benzene rings is 1. The molecule has 1 aliphatic heterocycles. The van der Waals surface area contributed by atoms with E-state index >= 15 is 0 Å². The molecule has 2 heterocycles. The molecule has 0 bridgehead atoms. The second kappa shape index (κ2) is 8.23. The molecule has 1 fully saturated rings. The summed E-state index contributed by atoms with van der Waals surface area (Å²) in [5, 5.41) is 4.04. The molecule has 2 aromatic rings. The maximum absolute atomic E-state index is 12.8. The van der Waals surface area contributed by atoms with Gasteiger partial charge in [0.2, 0.25) is 5.91 Å². The second-order valence-electron chi connectivity index (χ2n) is 7.19. The van der Waals surface area contributed by atoms with Gasteiger partial charge in [0.05, 0.1) is 17.7 Å². The number of nitrogens with one attached hydrogen (secondary N) is 1. The number of carbonyl (C=O) groups is 2. The van der Waals surface area contributed by atoms with Crippen LogP contribution in [0.15, 0.2) is 24.4 Å². The van der Waals surface area contributed by atoms with Crippen molar-refractivity contribution in [1.82, 2.24) is 14.8 Å². The van der Waals surface area contributed by atoms with Crippen molar-refractivity contribution in [3.63, 3.8) is 0 Å². The Hall–Kier alpha value is -2.18. The molecule has 3 rings (SSSR count). The fraction of sp³-hybridized carbons (Fsp3) is 0.524. The topological polar surface area (TPSA) is 63.6 Å². The molecule has 1 aromatic heterocycles. The summed E-state index contributed by atoms with van der Waals surface area (Å²) in [5.74, 6) is -0.0425. The number of likely N-dealkylation sites (N-methyl/N-ethyl adjacent to an activating group) is 1. The molecule has 1 N–H and O–H groups in total. The van der Waals surface area contributed by atoms with Gasteiger partial charge in [-0.2, -0.15) is 0 Å². The summed E-state index contributed by atoms with van der Waals surface area (Å²) in [6.07, 6.45) is 2.67. The Bertz CT molecular complexity index is 843. The number of rotatable bonds is 7. The van der Waals surface area contributed by atoms with Crippen LogP contribution in [0.3, 0.4) is 0 Å². The van der Waals surface area contributed by atoms with Crippen LogP contribution in [0.1, 0.15) is 36.7 Å². The molecule has 0 aliphatic carbocycles. The number of carbonyl (C=O) groups excluding carboxylic acids is 2. The van der Waals surface area contributed by atoms with Gasteiger partial charge in [-0.25, -0.2) is 0 Å². The van der Waals surface area contributed by atoms with E-state index < -0.39 is 0 Å². The summed E-state index contributed by atoms with van der Waals surface area (Å²) in [4.78, 5) is 27.1. The molecule has 1 saturated heterocycles. The number of Topliss-reactive ketones (excluding diaryl/α,β-unsaturated/α-hetero) is 1. The molecule has 2 atom stereocenters. The van der Waals surface area contributed by atoms with E-state index in [-0.39, 0.29) is 30.4 Å². The van der Waals surface area contributed by atoms with Gasteiger partial charge in [0.25, 0.3) is 0 Å². The lowest BCUT2D eigenvalue weighted by Gasteiger charge is -2.19. The number of ether oxygens (including phenoxy) is 1. The minimum atomic E-state index is -0.0575. The van der Waals surface area contributed by atoms with E-state index in [2.05, 4.69) is 30.1 Å². The molecule has 0 spiro atoms. The van der Waals surface area contributed by atoms with E-state index in [1.54, 1.807) is 14.0 Å². The quantitative estimate of drug-likeness (QED) is 0.758. The van der Waals surface area contributed by atoms with Gasteiger partial charge in [-0.1, -0.05) is 32.0 Å². The Labute approximate surface area is 160 Å². The Morgan fingerprint density at radius 3 is 2.67 bits per heavy atom. The van der Waals surface area contributed by atoms with Gasteiger partial charge in [0.15, 0.2) is 5.78 Å². The van der Waals surface area contributed by atoms with Crippen LogP contribution < -0.4 is 5.32 Å². The van der Waals surface area contributed by atoms with Crippen molar-refractivity contribution < 1.29 is 14.3 Å². The Balaban J connectivity index is 1.84. The summed E-state index contributed by atoms with van der Waals surface area (Å²) >= 11 is 0. The minimum Gasteiger partial charge on any atom is -0.378 e. The molecule has 1 amide bonds. The van der Waals surface area contributed by atoms with Gasteiger partial charge in [-0.05, 0) is 25.5 Å². The highest BCUT2D eigenvalue weighted by Crippen LogP contribution is 2.26. The van der Waals surface area contributed by atoms with Crippen LogP contribution >= 0.6 is 0 Å². The predicted molar refractivity (Wildman–Crippen MR) is 106 cm³/mol. The highest BCUT2D eigenvalue weighted by molar-refractivity contribution is 6.07. The summed E-state index contributed by atoms with van der Waals surface area (Å²) in [5.41, 5.74) is 2.78. The summed E-state index contributed by atoms with van der Waals surface area (Å²) in [6, 6.07) is 5.97. The van der Waals surface area contributed by atoms with Gasteiger partial charge >= 0.3 is 0 Å². The third kappa shape index (κ3) is 3.92. The third-order valence-electron chi connectivity index (χ3n) is 5.49. The zero-order valence-corrected chi connectivity index (χ0v) is 16.6. The Morgan fingerprint density at radius 1 is 1.26 bits per heavy atom. The maximum atomic E-state index is 12.8. The first-order valence-corrected chi connectivity index (χ1v) is 9.64. The molecule has 0 unspecified atom stereocenters. The Morgan fingerprint density at radius 2 is 2.04 bits per heavy atom. The van der Waals surface area contributed by atoms with E-state index in [4.69, 9.17) is 4.74 Å². The lowest BCUT2D eigenvalue weighted by Crippen LogP contribution is -2.44. The summed E-state index contributed by atoms with van der Waals surface area (Å²) in [7, 11) is 1.69. The van der Waals surface area contributed by atoms with Gasteiger partial charge in [0, 0.05) is 37.3 Å². The minimum absolute atomic E-state index is 0.00860. The van der Waals surface area contributed by atoms with Crippen LogP contribution in [-0.2, 0) is 22.5 Å². The van der Waals surface area contributed by atoms with Crippen LogP contribution in [0, 0.1) is 0 Å². The van der Waals surface area contributed by atoms with E-state index in [9.17, 15) is 9.59 Å². The van der Waals surface area contributed by atoms with Crippen molar-refractivity contribution >= 4 is 22.6 Å². The van der Waals surface area contributed by atoms with Crippen molar-refractivity contribution in [2.45, 2.75) is 45.9 Å². The highest BCUT2D eigenvalue weighted by Gasteiger charge is 2.33. The van der Waals surface area contributed by atoms with Crippen molar-refractivity contribution in [3.8, 4) is 0 Å². The van der Waals surface area contributed by atoms with Crippen molar-refractivity contribution in [3.05, 3.63) is 35.5 Å². The van der Waals surface area contributed by atoms with Crippen LogP contribution in [0.4, 0.5) is 0 Å². The molecule has 1 aliphatic rings. The van der Waals surface area contributed by atoms with E-state index in [0.29, 0.717) is 5.56 Å². The Kier molecular flexibility index (Phi) is 5.97. The zero-order chi connectivity index (χ0) is 19.6. The predicted octanol–water partition coefficient (Wildman–Crippen LogP) is 2.24. The van der Waals surface area contributed by atoms with Crippen LogP contribution in [0.5, 0.6) is 0 Å². The molecule has 0 radical (unpaired) electrons. The first kappa shape index (κ1) is 19.6. The van der Waals surface area contributed by atoms with Crippen LogP contribution in [0.2, 0.25) is 0 Å². The highest BCUT2D eigenvalue weighted by atomic mass is 16.5. The molecule has 146 valence electrons. The van der Waals surface area contributed by atoms with Crippen molar-refractivity contribution in [2.75, 3.05) is 26.7 Å². The number of hydrogen-bond donors (Lipinski definition) is 1. The number of likely N-dealkylation sites (tertiary alicyclic amines) is 1. The lowest BCUT2D eigenvalue weighted by molar-refractivity contribution is -0.122. The van der Waals surface area contributed by atoms with Crippen LogP contribution in [0.25, 0.3) is 10.9 Å². The van der Waals surface area contributed by atoms with Gasteiger partial charge in [-0.3, -0.25) is 14.5 Å². The third-order valence-corrected chi connectivity index (χ3v) is 5.49. The number of nitrogens with zero attached hydrogens (tertiary/aromatic N) is 2. The summed E-state index contributed by atoms with van der Waals surface area (Å²) in [6.45, 7) is 8.53. The van der Waals surface area contributed by atoms with Gasteiger partial charge < -0.3 is 14.6 Å². The number of amides is 1. The monoisotopic (exact) mass is 371 g/mol. The smallest absolute Gasteiger partial charge is 0.240 e. The van der Waals surface area contributed by atoms with Gasteiger partial charge in [-0.15, -0.1) is 0 Å². The molecular formula is C21H29N3O3. The van der Waals surface area contributed by atoms with E-state index in [1.807, 2.05) is 22.9 Å². The SMILES string of the molecule is CCc1cccc2c(C(C)=O)cn(CC(=O)N[C@H]3CN(CC)C[C@@H]3OC)c12. The molecule has 6 heteroatoms. The molecule has 0 saturated carbocycles. The first-order chi connectivity index (χ1) is 13.0.